The molecule has 2 aliphatic rings. The van der Waals surface area contributed by atoms with Crippen LogP contribution in [0.15, 0.2) is 121 Å². The fraction of sp³-hybridized carbons (Fsp3) is 0.231. The molecule has 6 aromatic carbocycles. The molecular formula is C52H56Cl4N6O7. The molecule has 0 unspecified atom stereocenters. The lowest BCUT2D eigenvalue weighted by Gasteiger charge is -2.25. The highest BCUT2D eigenvalue weighted by Gasteiger charge is 2.17. The number of fused-ring (bicyclic) bond motifs is 2. The Morgan fingerprint density at radius 3 is 1.49 bits per heavy atom. The van der Waals surface area contributed by atoms with Crippen LogP contribution in [0.25, 0.3) is 0 Å². The van der Waals surface area contributed by atoms with Gasteiger partial charge in [0.25, 0.3) is 17.7 Å². The van der Waals surface area contributed by atoms with E-state index in [1.165, 1.54) is 54.7 Å². The number of nitrogens with one attached hydrogen (secondary N) is 3. The summed E-state index contributed by atoms with van der Waals surface area (Å²) in [5.74, 6) is -0.554. The lowest BCUT2D eigenvalue weighted by molar-refractivity contribution is 0.0696. The molecule has 0 aliphatic carbocycles. The highest BCUT2D eigenvalue weighted by atomic mass is 35.5. The first-order valence-corrected chi connectivity index (χ1v) is 22.3. The average molecular weight is 1020 g/mol. The van der Waals surface area contributed by atoms with E-state index >= 15 is 0 Å². The highest BCUT2D eigenvalue weighted by Crippen LogP contribution is 2.27. The Morgan fingerprint density at radius 1 is 0.580 bits per heavy atom. The van der Waals surface area contributed by atoms with Crippen LogP contribution >= 0.6 is 48.0 Å². The van der Waals surface area contributed by atoms with Crippen molar-refractivity contribution in [3.8, 4) is 11.5 Å². The fourth-order valence-electron chi connectivity index (χ4n) is 7.51. The van der Waals surface area contributed by atoms with Gasteiger partial charge in [-0.1, -0.05) is 59.6 Å². The molecule has 0 spiro atoms. The Balaban J connectivity index is 0.000000248. The number of nitrogens with two attached hydrogens (primary N) is 1. The number of benzene rings is 6. The Hall–Kier alpha value is -6.16. The number of rotatable bonds is 11. The van der Waals surface area contributed by atoms with Crippen molar-refractivity contribution in [3.63, 3.8) is 0 Å². The standard InChI is InChI=1S/C26H26ClN3O3.C18H21N3O.C8H7ClO3.2ClH/c1-30-11-10-18-6-8-22(13-21(18)16-30)29-26(32)19-5-3-4-17(12-19)15-28-25(31)20-7-9-24(33-2)23(27)14-20;1-21-8-7-14-5-6-17(10-16(14)12-21)20-18(22)15-4-2-3-13(9-15)11-19;1-12-7-3-2-5(8(10)11)4-6(7)9;;/h3-9,12-14H,10-11,15-16H2,1-2H3,(H,28,31)(H,29,32);2-6,9-10H,7-8,11-12,19H2,1H3,(H,20,22);2-4H,1H3,(H,10,11);2*1H. The molecule has 6 N–H and O–H groups in total. The molecule has 6 aromatic rings. The molecule has 3 amide bonds. The Kier molecular flexibility index (Phi) is 21.3. The number of carbonyl (C=O) groups is 4. The first-order valence-electron chi connectivity index (χ1n) is 21.5. The van der Waals surface area contributed by atoms with Gasteiger partial charge in [0.2, 0.25) is 0 Å². The van der Waals surface area contributed by atoms with E-state index in [-0.39, 0.29) is 54.6 Å². The smallest absolute Gasteiger partial charge is 0.335 e. The van der Waals surface area contributed by atoms with Gasteiger partial charge in [0.15, 0.2) is 0 Å². The van der Waals surface area contributed by atoms with Crippen LogP contribution in [0.5, 0.6) is 11.5 Å². The molecule has 0 saturated heterocycles. The van der Waals surface area contributed by atoms with Crippen LogP contribution in [-0.2, 0) is 39.0 Å². The first kappa shape index (κ1) is 55.4. The molecule has 0 saturated carbocycles. The number of anilines is 2. The van der Waals surface area contributed by atoms with E-state index in [1.807, 2.05) is 48.5 Å². The topological polar surface area (TPSA) is 176 Å². The van der Waals surface area contributed by atoms with Crippen molar-refractivity contribution in [2.45, 2.75) is 39.0 Å². The maximum atomic E-state index is 12.8. The third kappa shape index (κ3) is 15.7. The number of halogens is 4. The number of ether oxygens (including phenoxy) is 2. The summed E-state index contributed by atoms with van der Waals surface area (Å²) < 4.78 is 9.97. The molecule has 364 valence electrons. The van der Waals surface area contributed by atoms with E-state index in [9.17, 15) is 19.2 Å². The summed E-state index contributed by atoms with van der Waals surface area (Å²) >= 11 is 11.8. The summed E-state index contributed by atoms with van der Waals surface area (Å²) in [5, 5.41) is 18.1. The van der Waals surface area contributed by atoms with Gasteiger partial charge in [-0.05, 0) is 145 Å². The summed E-state index contributed by atoms with van der Waals surface area (Å²) in [4.78, 5) is 52.7. The molecule has 0 aromatic heterocycles. The van der Waals surface area contributed by atoms with Crippen LogP contribution in [0.4, 0.5) is 11.4 Å². The van der Waals surface area contributed by atoms with Gasteiger partial charge >= 0.3 is 5.97 Å². The number of aromatic carboxylic acids is 1. The molecule has 0 fully saturated rings. The van der Waals surface area contributed by atoms with Crippen LogP contribution in [0.1, 0.15) is 74.8 Å². The van der Waals surface area contributed by atoms with Crippen LogP contribution in [0, 0.1) is 0 Å². The SMILES string of the molecule is CN1CCc2ccc(NC(=O)c3cccc(CN)c3)cc2C1.COc1ccc(C(=O)NCc2cccc(C(=O)Nc3ccc4c(c3)CN(C)CC4)c2)cc1Cl.COc1ccc(C(=O)O)cc1Cl.Cl.Cl. The number of methoxy groups -OCH3 is 2. The van der Waals surface area contributed by atoms with Crippen LogP contribution in [0.2, 0.25) is 10.0 Å². The number of nitrogens with zero attached hydrogens (tertiary/aromatic N) is 2. The van der Waals surface area contributed by atoms with Gasteiger partial charge in [0.1, 0.15) is 11.5 Å². The molecule has 2 heterocycles. The zero-order chi connectivity index (χ0) is 48.0. The number of likely N-dealkylation sites (N-methyl/N-ethyl adjacent to an activating group) is 2. The van der Waals surface area contributed by atoms with E-state index in [0.29, 0.717) is 44.8 Å². The normalized spacial score (nSPS) is 12.6. The molecule has 8 rings (SSSR count). The van der Waals surface area contributed by atoms with Crippen molar-refractivity contribution in [1.29, 1.82) is 0 Å². The van der Waals surface area contributed by atoms with Crippen molar-refractivity contribution in [2.75, 3.05) is 52.0 Å². The van der Waals surface area contributed by atoms with Crippen molar-refractivity contribution in [2.24, 2.45) is 5.73 Å². The van der Waals surface area contributed by atoms with Crippen molar-refractivity contribution >= 4 is 83.1 Å². The van der Waals surface area contributed by atoms with Crippen molar-refractivity contribution < 1.29 is 33.8 Å². The minimum Gasteiger partial charge on any atom is -0.495 e. The number of amides is 3. The number of carboxylic acid groups (broad SMARTS) is 1. The van der Waals surface area contributed by atoms with Gasteiger partial charge in [-0.3, -0.25) is 14.4 Å². The number of hydrogen-bond acceptors (Lipinski definition) is 9. The van der Waals surface area contributed by atoms with Crippen LogP contribution < -0.4 is 31.2 Å². The van der Waals surface area contributed by atoms with Crippen molar-refractivity contribution in [3.05, 3.63) is 187 Å². The largest absolute Gasteiger partial charge is 0.495 e. The van der Waals surface area contributed by atoms with Gasteiger partial charge in [0.05, 0.1) is 29.8 Å². The second-order valence-corrected chi connectivity index (χ2v) is 17.0. The molecule has 0 bridgehead atoms. The third-order valence-electron chi connectivity index (χ3n) is 11.2. The maximum absolute atomic E-state index is 12.8. The molecule has 0 radical (unpaired) electrons. The highest BCUT2D eigenvalue weighted by molar-refractivity contribution is 6.32. The monoisotopic (exact) mass is 1020 g/mol. The Labute approximate surface area is 425 Å². The predicted molar refractivity (Wildman–Crippen MR) is 278 cm³/mol. The number of carbonyl (C=O) groups excluding carboxylic acids is 3. The quantitative estimate of drug-likeness (QED) is 0.0840. The molecular weight excluding hydrogens is 962 g/mol. The second kappa shape index (κ2) is 26.6. The first-order chi connectivity index (χ1) is 32.2. The molecule has 2 aliphatic heterocycles. The Morgan fingerprint density at radius 2 is 1.03 bits per heavy atom. The Bertz CT molecular complexity index is 2760. The summed E-state index contributed by atoms with van der Waals surface area (Å²) in [6.45, 7) is 4.68. The van der Waals surface area contributed by atoms with E-state index < -0.39 is 5.97 Å². The number of hydrogen-bond donors (Lipinski definition) is 5. The van der Waals surface area contributed by atoms with E-state index in [1.54, 1.807) is 36.4 Å². The zero-order valence-electron chi connectivity index (χ0n) is 38.6. The summed E-state index contributed by atoms with van der Waals surface area (Å²) in [5.41, 5.74) is 16.0. The van der Waals surface area contributed by atoms with Gasteiger partial charge < -0.3 is 46.1 Å². The summed E-state index contributed by atoms with van der Waals surface area (Å²) in [7, 11) is 7.21. The predicted octanol–water partition coefficient (Wildman–Crippen LogP) is 9.79. The van der Waals surface area contributed by atoms with E-state index in [0.717, 1.165) is 61.5 Å². The average Bonchev–Trinajstić information content (AvgIpc) is 3.33. The maximum Gasteiger partial charge on any atom is 0.335 e. The van der Waals surface area contributed by atoms with Gasteiger partial charge in [-0.15, -0.1) is 24.8 Å². The van der Waals surface area contributed by atoms with Crippen LogP contribution in [0.3, 0.4) is 0 Å². The van der Waals surface area contributed by atoms with E-state index in [2.05, 4.69) is 58.0 Å². The van der Waals surface area contributed by atoms with Gasteiger partial charge in [-0.2, -0.15) is 0 Å². The zero-order valence-corrected chi connectivity index (χ0v) is 41.8. The van der Waals surface area contributed by atoms with Crippen molar-refractivity contribution in [1.82, 2.24) is 15.1 Å². The molecule has 0 atom stereocenters. The van der Waals surface area contributed by atoms with Gasteiger partial charge in [-0.25, -0.2) is 4.79 Å². The minimum absolute atomic E-state index is 0. The molecule has 69 heavy (non-hydrogen) atoms. The summed E-state index contributed by atoms with van der Waals surface area (Å²) in [6, 6.07) is 36.1. The molecule has 17 heteroatoms. The lowest BCUT2D eigenvalue weighted by Crippen LogP contribution is -2.26. The van der Waals surface area contributed by atoms with Crippen LogP contribution in [-0.4, -0.2) is 80.0 Å². The summed E-state index contributed by atoms with van der Waals surface area (Å²) in [6.07, 6.45) is 2.09. The molecule has 13 nitrogen and oxygen atoms in total. The lowest BCUT2D eigenvalue weighted by atomic mass is 9.99. The third-order valence-corrected chi connectivity index (χ3v) is 11.8. The fourth-order valence-corrected chi connectivity index (χ4v) is 8.03. The minimum atomic E-state index is -1.00. The number of carboxylic acids is 1. The van der Waals surface area contributed by atoms with E-state index in [4.69, 9.17) is 43.5 Å². The van der Waals surface area contributed by atoms with Gasteiger partial charge in [0, 0.05) is 67.3 Å². The second-order valence-electron chi connectivity index (χ2n) is 16.1.